The van der Waals surface area contributed by atoms with E-state index in [4.69, 9.17) is 5.11 Å². The fourth-order valence-electron chi connectivity index (χ4n) is 2.66. The van der Waals surface area contributed by atoms with E-state index >= 15 is 0 Å². The van der Waals surface area contributed by atoms with E-state index < -0.39 is 5.97 Å². The molecule has 2 unspecified atom stereocenters. The van der Waals surface area contributed by atoms with Gasteiger partial charge in [0.25, 0.3) is 0 Å². The lowest BCUT2D eigenvalue weighted by atomic mass is 9.81. The van der Waals surface area contributed by atoms with Gasteiger partial charge in [0.15, 0.2) is 0 Å². The second-order valence-electron chi connectivity index (χ2n) is 5.61. The molecule has 0 aromatic heterocycles. The monoisotopic (exact) mass is 239 g/mol. The summed E-state index contributed by atoms with van der Waals surface area (Å²) < 4.78 is 0. The van der Waals surface area contributed by atoms with Crippen molar-refractivity contribution in [3.8, 4) is 0 Å². The molecule has 0 saturated heterocycles. The highest BCUT2D eigenvalue weighted by Crippen LogP contribution is 2.37. The average Bonchev–Trinajstić information content (AvgIpc) is 3.02. The van der Waals surface area contributed by atoms with Crippen molar-refractivity contribution in [2.24, 2.45) is 23.7 Å². The Kier molecular flexibility index (Phi) is 3.69. The largest absolute Gasteiger partial charge is 0.481 e. The molecule has 2 atom stereocenters. The van der Waals surface area contributed by atoms with Crippen LogP contribution in [0.5, 0.6) is 0 Å². The summed E-state index contributed by atoms with van der Waals surface area (Å²) >= 11 is 0. The van der Waals surface area contributed by atoms with Gasteiger partial charge in [0.2, 0.25) is 5.91 Å². The van der Waals surface area contributed by atoms with Crippen LogP contribution in [0.2, 0.25) is 0 Å². The highest BCUT2D eigenvalue weighted by molar-refractivity contribution is 5.79. The number of nitrogens with one attached hydrogen (secondary N) is 1. The Labute approximate surface area is 102 Å². The lowest BCUT2D eigenvalue weighted by Crippen LogP contribution is -2.35. The predicted octanol–water partition coefficient (Wildman–Crippen LogP) is 1.65. The van der Waals surface area contributed by atoms with Crippen molar-refractivity contribution in [3.63, 3.8) is 0 Å². The van der Waals surface area contributed by atoms with E-state index in [1.165, 1.54) is 6.42 Å². The summed E-state index contributed by atoms with van der Waals surface area (Å²) in [5, 5.41) is 11.9. The van der Waals surface area contributed by atoms with Gasteiger partial charge in [-0.2, -0.15) is 0 Å². The molecule has 1 amide bonds. The van der Waals surface area contributed by atoms with Crippen LogP contribution in [0, 0.1) is 23.7 Å². The SMILES string of the molecule is CC1CC1CNC(=O)C1CCC(C(=O)O)CC1. The van der Waals surface area contributed by atoms with Crippen LogP contribution in [0.3, 0.4) is 0 Å². The van der Waals surface area contributed by atoms with Crippen molar-refractivity contribution in [2.75, 3.05) is 6.54 Å². The number of carbonyl (C=O) groups is 2. The highest BCUT2D eigenvalue weighted by atomic mass is 16.4. The maximum Gasteiger partial charge on any atom is 0.306 e. The summed E-state index contributed by atoms with van der Waals surface area (Å²) in [6, 6.07) is 0. The van der Waals surface area contributed by atoms with Gasteiger partial charge in [0.05, 0.1) is 5.92 Å². The summed E-state index contributed by atoms with van der Waals surface area (Å²) in [5.74, 6) is 0.665. The molecule has 0 bridgehead atoms. The Morgan fingerprint density at radius 3 is 2.18 bits per heavy atom. The molecule has 96 valence electrons. The zero-order valence-electron chi connectivity index (χ0n) is 10.3. The number of hydrogen-bond donors (Lipinski definition) is 2. The zero-order valence-corrected chi connectivity index (χ0v) is 10.3. The molecule has 0 heterocycles. The van der Waals surface area contributed by atoms with Gasteiger partial charge in [-0.05, 0) is 43.9 Å². The Morgan fingerprint density at radius 2 is 1.71 bits per heavy atom. The van der Waals surface area contributed by atoms with Crippen LogP contribution >= 0.6 is 0 Å². The van der Waals surface area contributed by atoms with E-state index in [1.807, 2.05) is 0 Å². The quantitative estimate of drug-likeness (QED) is 0.784. The van der Waals surface area contributed by atoms with Crippen LogP contribution in [-0.2, 0) is 9.59 Å². The van der Waals surface area contributed by atoms with Crippen LogP contribution in [-0.4, -0.2) is 23.5 Å². The fraction of sp³-hybridized carbons (Fsp3) is 0.846. The molecule has 0 radical (unpaired) electrons. The number of carboxylic acid groups (broad SMARTS) is 1. The second-order valence-corrected chi connectivity index (χ2v) is 5.61. The number of rotatable bonds is 4. The summed E-state index contributed by atoms with van der Waals surface area (Å²) in [7, 11) is 0. The van der Waals surface area contributed by atoms with E-state index in [-0.39, 0.29) is 17.7 Å². The smallest absolute Gasteiger partial charge is 0.306 e. The molecule has 2 N–H and O–H groups in total. The zero-order chi connectivity index (χ0) is 12.4. The predicted molar refractivity (Wildman–Crippen MR) is 63.4 cm³/mol. The Hall–Kier alpha value is -1.06. The normalized spacial score (nSPS) is 36.3. The summed E-state index contributed by atoms with van der Waals surface area (Å²) in [6.07, 6.45) is 3.97. The van der Waals surface area contributed by atoms with Crippen molar-refractivity contribution in [3.05, 3.63) is 0 Å². The lowest BCUT2D eigenvalue weighted by Gasteiger charge is -2.25. The molecule has 2 aliphatic rings. The van der Waals surface area contributed by atoms with Gasteiger partial charge in [-0.1, -0.05) is 6.92 Å². The van der Waals surface area contributed by atoms with E-state index in [2.05, 4.69) is 12.2 Å². The van der Waals surface area contributed by atoms with Crippen molar-refractivity contribution in [1.82, 2.24) is 5.32 Å². The molecule has 4 nitrogen and oxygen atoms in total. The summed E-state index contributed by atoms with van der Waals surface area (Å²) in [6.45, 7) is 3.01. The standard InChI is InChI=1S/C13H21NO3/c1-8-6-11(8)7-14-12(15)9-2-4-10(5-3-9)13(16)17/h8-11H,2-7H2,1H3,(H,14,15)(H,16,17). The van der Waals surface area contributed by atoms with E-state index in [1.54, 1.807) is 0 Å². The Balaban J connectivity index is 1.68. The number of aliphatic carboxylic acids is 1. The molecule has 2 rings (SSSR count). The van der Waals surface area contributed by atoms with Gasteiger partial charge in [-0.15, -0.1) is 0 Å². The number of carboxylic acids is 1. The lowest BCUT2D eigenvalue weighted by molar-refractivity contribution is -0.144. The second kappa shape index (κ2) is 5.07. The van der Waals surface area contributed by atoms with Crippen LogP contribution in [0.25, 0.3) is 0 Å². The molecule has 0 aromatic rings. The van der Waals surface area contributed by atoms with Gasteiger partial charge in [-0.25, -0.2) is 0 Å². The van der Waals surface area contributed by atoms with Crippen LogP contribution in [0.15, 0.2) is 0 Å². The molecule has 17 heavy (non-hydrogen) atoms. The maximum absolute atomic E-state index is 11.9. The minimum absolute atomic E-state index is 0.0413. The first kappa shape index (κ1) is 12.4. The summed E-state index contributed by atoms with van der Waals surface area (Å²) in [4.78, 5) is 22.6. The highest BCUT2D eigenvalue weighted by Gasteiger charge is 2.34. The van der Waals surface area contributed by atoms with E-state index in [0.29, 0.717) is 18.8 Å². The summed E-state index contributed by atoms with van der Waals surface area (Å²) in [5.41, 5.74) is 0. The van der Waals surface area contributed by atoms with Gasteiger partial charge >= 0.3 is 5.97 Å². The molecular weight excluding hydrogens is 218 g/mol. The molecular formula is C13H21NO3. The van der Waals surface area contributed by atoms with Crippen molar-refractivity contribution in [2.45, 2.75) is 39.0 Å². The molecule has 0 spiro atoms. The van der Waals surface area contributed by atoms with Gasteiger partial charge < -0.3 is 10.4 Å². The first-order chi connectivity index (χ1) is 8.08. The number of amides is 1. The van der Waals surface area contributed by atoms with Crippen LogP contribution in [0.4, 0.5) is 0 Å². The van der Waals surface area contributed by atoms with Crippen molar-refractivity contribution < 1.29 is 14.7 Å². The third kappa shape index (κ3) is 3.20. The van der Waals surface area contributed by atoms with Crippen molar-refractivity contribution >= 4 is 11.9 Å². The third-order valence-corrected chi connectivity index (χ3v) is 4.26. The van der Waals surface area contributed by atoms with Crippen LogP contribution < -0.4 is 5.32 Å². The topological polar surface area (TPSA) is 66.4 Å². The molecule has 0 aliphatic heterocycles. The minimum atomic E-state index is -0.712. The van der Waals surface area contributed by atoms with Gasteiger partial charge in [0, 0.05) is 12.5 Å². The fourth-order valence-corrected chi connectivity index (χ4v) is 2.66. The molecule has 2 fully saturated rings. The van der Waals surface area contributed by atoms with Crippen LogP contribution in [0.1, 0.15) is 39.0 Å². The third-order valence-electron chi connectivity index (χ3n) is 4.26. The molecule has 2 aliphatic carbocycles. The Bertz CT molecular complexity index is 308. The first-order valence-corrected chi connectivity index (χ1v) is 6.58. The average molecular weight is 239 g/mol. The number of carbonyl (C=O) groups excluding carboxylic acids is 1. The van der Waals surface area contributed by atoms with Gasteiger partial charge in [0.1, 0.15) is 0 Å². The minimum Gasteiger partial charge on any atom is -0.481 e. The molecule has 2 saturated carbocycles. The van der Waals surface area contributed by atoms with E-state index in [9.17, 15) is 9.59 Å². The molecule has 4 heteroatoms. The van der Waals surface area contributed by atoms with E-state index in [0.717, 1.165) is 25.3 Å². The number of hydrogen-bond acceptors (Lipinski definition) is 2. The van der Waals surface area contributed by atoms with Crippen molar-refractivity contribution in [1.29, 1.82) is 0 Å². The Morgan fingerprint density at radius 1 is 1.18 bits per heavy atom. The first-order valence-electron chi connectivity index (χ1n) is 6.58. The van der Waals surface area contributed by atoms with Gasteiger partial charge in [-0.3, -0.25) is 9.59 Å². The maximum atomic E-state index is 11.9. The molecule has 0 aromatic carbocycles.